The molecule has 0 atom stereocenters. The number of likely N-dealkylation sites (tertiary alicyclic amines) is 1. The Labute approximate surface area is 166 Å². The van der Waals surface area contributed by atoms with Crippen molar-refractivity contribution in [3.8, 4) is 5.75 Å². The number of nitrogens with zero attached hydrogens (tertiary/aromatic N) is 2. The summed E-state index contributed by atoms with van der Waals surface area (Å²) < 4.78 is 11.2. The van der Waals surface area contributed by atoms with E-state index in [1.807, 2.05) is 63.2 Å². The largest absolute Gasteiger partial charge is 0.487 e. The fourth-order valence-corrected chi connectivity index (χ4v) is 3.03. The number of anilines is 1. The molecule has 0 spiro atoms. The zero-order valence-corrected chi connectivity index (χ0v) is 16.9. The molecule has 0 saturated carbocycles. The van der Waals surface area contributed by atoms with Gasteiger partial charge in [0.15, 0.2) is 0 Å². The Balaban J connectivity index is 1.43. The van der Waals surface area contributed by atoms with Gasteiger partial charge in [0, 0.05) is 19.1 Å². The second-order valence-electron chi connectivity index (χ2n) is 8.04. The van der Waals surface area contributed by atoms with Gasteiger partial charge in [-0.2, -0.15) is 0 Å². The van der Waals surface area contributed by atoms with Gasteiger partial charge in [0.25, 0.3) is 0 Å². The van der Waals surface area contributed by atoms with Crippen molar-refractivity contribution >= 4 is 11.9 Å². The van der Waals surface area contributed by atoms with E-state index < -0.39 is 5.60 Å². The van der Waals surface area contributed by atoms with Crippen molar-refractivity contribution in [1.29, 1.82) is 0 Å². The van der Waals surface area contributed by atoms with Gasteiger partial charge in [-0.25, -0.2) is 9.78 Å². The molecule has 6 nitrogen and oxygen atoms in total. The highest BCUT2D eigenvalue weighted by atomic mass is 16.6. The maximum atomic E-state index is 12.1. The summed E-state index contributed by atoms with van der Waals surface area (Å²) in [4.78, 5) is 18.4. The number of ether oxygens (including phenoxy) is 2. The number of benzene rings is 1. The lowest BCUT2D eigenvalue weighted by Crippen LogP contribution is -2.44. The third kappa shape index (κ3) is 6.15. The van der Waals surface area contributed by atoms with Crippen LogP contribution in [0.25, 0.3) is 0 Å². The summed E-state index contributed by atoms with van der Waals surface area (Å²) in [6, 6.07) is 14.2. The highest BCUT2D eigenvalue weighted by Crippen LogP contribution is 2.19. The molecule has 2 aromatic rings. The molecule has 150 valence electrons. The van der Waals surface area contributed by atoms with Crippen LogP contribution in [0.5, 0.6) is 5.75 Å². The average Bonchev–Trinajstić information content (AvgIpc) is 2.67. The summed E-state index contributed by atoms with van der Waals surface area (Å²) in [6.07, 6.45) is 3.24. The van der Waals surface area contributed by atoms with Gasteiger partial charge in [-0.3, -0.25) is 0 Å². The van der Waals surface area contributed by atoms with Crippen LogP contribution in [0.15, 0.2) is 48.7 Å². The monoisotopic (exact) mass is 383 g/mol. The van der Waals surface area contributed by atoms with E-state index in [1.54, 1.807) is 11.1 Å². The normalized spacial score (nSPS) is 15.2. The van der Waals surface area contributed by atoms with Crippen LogP contribution in [0.2, 0.25) is 0 Å². The summed E-state index contributed by atoms with van der Waals surface area (Å²) >= 11 is 0. The van der Waals surface area contributed by atoms with E-state index in [-0.39, 0.29) is 6.09 Å². The van der Waals surface area contributed by atoms with Crippen molar-refractivity contribution in [1.82, 2.24) is 9.88 Å². The van der Waals surface area contributed by atoms with Crippen LogP contribution in [0.3, 0.4) is 0 Å². The van der Waals surface area contributed by atoms with Gasteiger partial charge in [-0.05, 0) is 51.3 Å². The van der Waals surface area contributed by atoms with Gasteiger partial charge in [0.05, 0.1) is 6.20 Å². The van der Waals surface area contributed by atoms with E-state index in [0.29, 0.717) is 25.7 Å². The number of nitrogens with one attached hydrogen (secondary N) is 1. The number of carbonyl (C=O) groups is 1. The predicted molar refractivity (Wildman–Crippen MR) is 109 cm³/mol. The van der Waals surface area contributed by atoms with Gasteiger partial charge in [0.1, 0.15) is 23.8 Å². The van der Waals surface area contributed by atoms with Crippen molar-refractivity contribution in [3.63, 3.8) is 0 Å². The van der Waals surface area contributed by atoms with E-state index in [9.17, 15) is 4.79 Å². The number of hydrogen-bond donors (Lipinski definition) is 1. The SMILES string of the molecule is CC(C)(C)OC(=O)N1CCC(Nc2ccc(OCc3ccccc3)cn2)CC1. The summed E-state index contributed by atoms with van der Waals surface area (Å²) in [5.41, 5.74) is 0.668. The summed E-state index contributed by atoms with van der Waals surface area (Å²) in [5, 5.41) is 3.44. The molecule has 1 aromatic carbocycles. The van der Waals surface area contributed by atoms with Crippen LogP contribution >= 0.6 is 0 Å². The standard InChI is InChI=1S/C22H29N3O3/c1-22(2,3)28-21(26)25-13-11-18(12-14-25)24-20-10-9-19(15-23-20)27-16-17-7-5-4-6-8-17/h4-10,15,18H,11-14,16H2,1-3H3,(H,23,24). The molecular formula is C22H29N3O3. The minimum atomic E-state index is -0.458. The van der Waals surface area contributed by atoms with Crippen molar-refractivity contribution in [3.05, 3.63) is 54.2 Å². The zero-order chi connectivity index (χ0) is 20.0. The molecule has 1 aliphatic heterocycles. The highest BCUT2D eigenvalue weighted by Gasteiger charge is 2.26. The summed E-state index contributed by atoms with van der Waals surface area (Å²) in [7, 11) is 0. The molecule has 1 aliphatic rings. The molecule has 28 heavy (non-hydrogen) atoms. The molecular weight excluding hydrogens is 354 g/mol. The fourth-order valence-electron chi connectivity index (χ4n) is 3.03. The van der Waals surface area contributed by atoms with E-state index in [0.717, 1.165) is 30.0 Å². The molecule has 0 bridgehead atoms. The number of aromatic nitrogens is 1. The quantitative estimate of drug-likeness (QED) is 0.825. The Morgan fingerprint density at radius 2 is 1.86 bits per heavy atom. The van der Waals surface area contributed by atoms with E-state index in [1.165, 1.54) is 0 Å². The van der Waals surface area contributed by atoms with Crippen molar-refractivity contribution in [2.45, 2.75) is 51.9 Å². The number of rotatable bonds is 5. The molecule has 1 amide bonds. The first-order valence-corrected chi connectivity index (χ1v) is 9.76. The number of carbonyl (C=O) groups excluding carboxylic acids is 1. The van der Waals surface area contributed by atoms with Gasteiger partial charge in [-0.1, -0.05) is 30.3 Å². The molecule has 1 N–H and O–H groups in total. The highest BCUT2D eigenvalue weighted by molar-refractivity contribution is 5.68. The molecule has 6 heteroatoms. The van der Waals surface area contributed by atoms with E-state index in [4.69, 9.17) is 9.47 Å². The molecule has 0 radical (unpaired) electrons. The summed E-state index contributed by atoms with van der Waals surface area (Å²) in [6.45, 7) is 7.56. The van der Waals surface area contributed by atoms with Gasteiger partial charge < -0.3 is 19.7 Å². The minimum Gasteiger partial charge on any atom is -0.487 e. The smallest absolute Gasteiger partial charge is 0.410 e. The van der Waals surface area contributed by atoms with Crippen LogP contribution < -0.4 is 10.1 Å². The lowest BCUT2D eigenvalue weighted by molar-refractivity contribution is 0.0210. The van der Waals surface area contributed by atoms with E-state index >= 15 is 0 Å². The van der Waals surface area contributed by atoms with Crippen LogP contribution in [0.4, 0.5) is 10.6 Å². The molecule has 3 rings (SSSR count). The van der Waals surface area contributed by atoms with Crippen molar-refractivity contribution in [2.24, 2.45) is 0 Å². The first-order valence-electron chi connectivity index (χ1n) is 9.76. The lowest BCUT2D eigenvalue weighted by Gasteiger charge is -2.33. The number of piperidine rings is 1. The van der Waals surface area contributed by atoms with Crippen LogP contribution in [-0.4, -0.2) is 40.7 Å². The zero-order valence-electron chi connectivity index (χ0n) is 16.9. The molecule has 1 fully saturated rings. The molecule has 2 heterocycles. The third-order valence-corrected chi connectivity index (χ3v) is 4.48. The predicted octanol–water partition coefficient (Wildman–Crippen LogP) is 4.47. The Morgan fingerprint density at radius 3 is 2.46 bits per heavy atom. The second kappa shape index (κ2) is 8.95. The Bertz CT molecular complexity index is 749. The molecule has 0 unspecified atom stereocenters. The number of pyridine rings is 1. The maximum Gasteiger partial charge on any atom is 0.410 e. The first kappa shape index (κ1) is 20.0. The fraction of sp³-hybridized carbons (Fsp3) is 0.455. The number of amides is 1. The molecule has 1 saturated heterocycles. The molecule has 0 aliphatic carbocycles. The van der Waals surface area contributed by atoms with Crippen LogP contribution in [0, 0.1) is 0 Å². The van der Waals surface area contributed by atoms with Crippen LogP contribution in [0.1, 0.15) is 39.2 Å². The lowest BCUT2D eigenvalue weighted by atomic mass is 10.1. The first-order chi connectivity index (χ1) is 13.4. The maximum absolute atomic E-state index is 12.1. The Hall–Kier alpha value is -2.76. The van der Waals surface area contributed by atoms with Crippen molar-refractivity contribution < 1.29 is 14.3 Å². The number of hydrogen-bond acceptors (Lipinski definition) is 5. The minimum absolute atomic E-state index is 0.232. The average molecular weight is 383 g/mol. The Morgan fingerprint density at radius 1 is 1.14 bits per heavy atom. The van der Waals surface area contributed by atoms with Gasteiger partial charge in [0.2, 0.25) is 0 Å². The van der Waals surface area contributed by atoms with Crippen molar-refractivity contribution in [2.75, 3.05) is 18.4 Å². The second-order valence-corrected chi connectivity index (χ2v) is 8.04. The van der Waals surface area contributed by atoms with E-state index in [2.05, 4.69) is 10.3 Å². The Kier molecular flexibility index (Phi) is 6.39. The topological polar surface area (TPSA) is 63.7 Å². The van der Waals surface area contributed by atoms with Crippen LogP contribution in [-0.2, 0) is 11.3 Å². The van der Waals surface area contributed by atoms with Gasteiger partial charge in [-0.15, -0.1) is 0 Å². The van der Waals surface area contributed by atoms with Gasteiger partial charge >= 0.3 is 6.09 Å². The molecule has 1 aromatic heterocycles. The third-order valence-electron chi connectivity index (χ3n) is 4.48. The summed E-state index contributed by atoms with van der Waals surface area (Å²) in [5.74, 6) is 1.57.